The first kappa shape index (κ1) is 15.8. The highest BCUT2D eigenvalue weighted by Crippen LogP contribution is 2.44. The summed E-state index contributed by atoms with van der Waals surface area (Å²) in [6.07, 6.45) is 1.55. The van der Waals surface area contributed by atoms with Crippen LogP contribution in [0.25, 0.3) is 0 Å². The van der Waals surface area contributed by atoms with Crippen LogP contribution in [-0.4, -0.2) is 37.2 Å². The minimum Gasteiger partial charge on any atom is -0.365 e. The third-order valence-electron chi connectivity index (χ3n) is 4.61. The first-order chi connectivity index (χ1) is 10.4. The van der Waals surface area contributed by atoms with Crippen molar-refractivity contribution in [3.8, 4) is 0 Å². The molecule has 1 saturated carbocycles. The molecule has 1 aromatic carbocycles. The average molecular weight is 323 g/mol. The quantitative estimate of drug-likeness (QED) is 0.893. The number of halogens is 1. The summed E-state index contributed by atoms with van der Waals surface area (Å²) in [5.41, 5.74) is 1.46. The Labute approximate surface area is 136 Å². The van der Waals surface area contributed by atoms with E-state index >= 15 is 0 Å². The van der Waals surface area contributed by atoms with Gasteiger partial charge in [0.15, 0.2) is 0 Å². The molecule has 3 atom stereocenters. The number of carbonyl (C=O) groups is 1. The van der Waals surface area contributed by atoms with Crippen molar-refractivity contribution in [2.75, 3.05) is 13.2 Å². The molecule has 1 aromatic rings. The molecule has 0 aromatic heterocycles. The average Bonchev–Trinajstić information content (AvgIpc) is 3.09. The van der Waals surface area contributed by atoms with E-state index in [1.165, 1.54) is 5.56 Å². The maximum Gasteiger partial charge on any atom is 0.250 e. The maximum atomic E-state index is 12.1. The number of morpholine rings is 1. The first-order valence-corrected chi connectivity index (χ1v) is 8.22. The Bertz CT molecular complexity index is 536. The van der Waals surface area contributed by atoms with E-state index in [4.69, 9.17) is 16.3 Å². The second-order valence-corrected chi connectivity index (χ2v) is 7.45. The van der Waals surface area contributed by atoms with Crippen LogP contribution in [0.4, 0.5) is 0 Å². The van der Waals surface area contributed by atoms with Crippen molar-refractivity contribution in [2.24, 2.45) is 5.41 Å². The van der Waals surface area contributed by atoms with Gasteiger partial charge in [-0.15, -0.1) is 0 Å². The molecule has 2 N–H and O–H groups in total. The van der Waals surface area contributed by atoms with Gasteiger partial charge >= 0.3 is 0 Å². The van der Waals surface area contributed by atoms with Gasteiger partial charge in [-0.25, -0.2) is 0 Å². The van der Waals surface area contributed by atoms with Gasteiger partial charge in [0.2, 0.25) is 0 Å². The van der Waals surface area contributed by atoms with E-state index in [9.17, 15) is 4.79 Å². The van der Waals surface area contributed by atoms with Crippen molar-refractivity contribution >= 4 is 17.5 Å². The number of carbonyl (C=O) groups excluding carboxylic acids is 1. The highest BCUT2D eigenvalue weighted by molar-refractivity contribution is 6.30. The molecule has 2 aliphatic rings. The normalized spacial score (nSPS) is 29.9. The number of nitrogens with one attached hydrogen (secondary N) is 2. The van der Waals surface area contributed by atoms with Crippen LogP contribution in [0.15, 0.2) is 24.3 Å². The zero-order chi connectivity index (χ0) is 15.7. The van der Waals surface area contributed by atoms with Gasteiger partial charge < -0.3 is 15.4 Å². The summed E-state index contributed by atoms with van der Waals surface area (Å²) >= 11 is 5.89. The molecule has 1 amide bonds. The standard InChI is InChI=1S/C17H23ClN2O2/c1-17(2)8-15(17)20-16(21)14-9-19-13(10-22-14)7-11-3-5-12(18)6-4-11/h3-6,13-15,19H,7-10H2,1-2H3,(H,20,21). The second-order valence-electron chi connectivity index (χ2n) is 7.01. The monoisotopic (exact) mass is 322 g/mol. The molecule has 1 aliphatic carbocycles. The van der Waals surface area contributed by atoms with Crippen molar-refractivity contribution in [3.63, 3.8) is 0 Å². The van der Waals surface area contributed by atoms with Gasteiger partial charge in [-0.05, 0) is 36.0 Å². The Morgan fingerprint density at radius 2 is 2.09 bits per heavy atom. The third-order valence-corrected chi connectivity index (χ3v) is 4.86. The molecule has 3 rings (SSSR count). The highest BCUT2D eigenvalue weighted by Gasteiger charge is 2.47. The molecule has 22 heavy (non-hydrogen) atoms. The number of hydrogen-bond donors (Lipinski definition) is 2. The largest absolute Gasteiger partial charge is 0.365 e. The van der Waals surface area contributed by atoms with E-state index in [1.807, 2.05) is 24.3 Å². The zero-order valence-electron chi connectivity index (χ0n) is 13.1. The van der Waals surface area contributed by atoms with E-state index < -0.39 is 0 Å². The van der Waals surface area contributed by atoms with Gasteiger partial charge in [0.25, 0.3) is 5.91 Å². The van der Waals surface area contributed by atoms with E-state index in [-0.39, 0.29) is 23.5 Å². The number of benzene rings is 1. The smallest absolute Gasteiger partial charge is 0.250 e. The molecule has 1 heterocycles. The molecule has 0 bridgehead atoms. The van der Waals surface area contributed by atoms with Crippen LogP contribution in [0.1, 0.15) is 25.8 Å². The van der Waals surface area contributed by atoms with E-state index in [2.05, 4.69) is 24.5 Å². The molecule has 3 unspecified atom stereocenters. The fourth-order valence-electron chi connectivity index (χ4n) is 2.81. The van der Waals surface area contributed by atoms with E-state index in [0.29, 0.717) is 19.2 Å². The van der Waals surface area contributed by atoms with Crippen molar-refractivity contribution in [1.29, 1.82) is 0 Å². The molecule has 2 fully saturated rings. The van der Waals surface area contributed by atoms with Crippen LogP contribution in [-0.2, 0) is 16.0 Å². The lowest BCUT2D eigenvalue weighted by Gasteiger charge is -2.30. The molecule has 0 radical (unpaired) electrons. The van der Waals surface area contributed by atoms with E-state index in [1.54, 1.807) is 0 Å². The van der Waals surface area contributed by atoms with Gasteiger partial charge in [0, 0.05) is 23.7 Å². The number of rotatable bonds is 4. The van der Waals surface area contributed by atoms with Crippen LogP contribution < -0.4 is 10.6 Å². The topological polar surface area (TPSA) is 50.4 Å². The minimum absolute atomic E-state index is 0.00742. The van der Waals surface area contributed by atoms with Gasteiger partial charge in [-0.2, -0.15) is 0 Å². The Hall–Kier alpha value is -1.10. The van der Waals surface area contributed by atoms with Crippen LogP contribution in [0.5, 0.6) is 0 Å². The Morgan fingerprint density at radius 3 is 2.64 bits per heavy atom. The van der Waals surface area contributed by atoms with Gasteiger partial charge in [-0.1, -0.05) is 37.6 Å². The molecule has 4 nitrogen and oxygen atoms in total. The lowest BCUT2D eigenvalue weighted by Crippen LogP contribution is -2.53. The summed E-state index contributed by atoms with van der Waals surface area (Å²) < 4.78 is 5.74. The summed E-state index contributed by atoms with van der Waals surface area (Å²) in [5.74, 6) is 0.00742. The van der Waals surface area contributed by atoms with Crippen LogP contribution in [0.3, 0.4) is 0 Å². The van der Waals surface area contributed by atoms with Crippen molar-refractivity contribution < 1.29 is 9.53 Å². The maximum absolute atomic E-state index is 12.1. The van der Waals surface area contributed by atoms with Crippen molar-refractivity contribution in [1.82, 2.24) is 10.6 Å². The predicted octanol–water partition coefficient (Wildman–Crippen LogP) is 2.15. The summed E-state index contributed by atoms with van der Waals surface area (Å²) in [7, 11) is 0. The third kappa shape index (κ3) is 3.80. The van der Waals surface area contributed by atoms with Crippen molar-refractivity contribution in [2.45, 2.75) is 44.9 Å². The molecule has 1 aliphatic heterocycles. The Kier molecular flexibility index (Phi) is 4.44. The van der Waals surface area contributed by atoms with Crippen LogP contribution in [0.2, 0.25) is 5.02 Å². The Morgan fingerprint density at radius 1 is 1.41 bits per heavy atom. The highest BCUT2D eigenvalue weighted by atomic mass is 35.5. The molecule has 1 saturated heterocycles. The van der Waals surface area contributed by atoms with Gasteiger partial charge in [0.1, 0.15) is 6.10 Å². The SMILES string of the molecule is CC1(C)CC1NC(=O)C1CNC(Cc2ccc(Cl)cc2)CO1. The molecule has 5 heteroatoms. The predicted molar refractivity (Wildman–Crippen MR) is 87.0 cm³/mol. The summed E-state index contributed by atoms with van der Waals surface area (Å²) in [6, 6.07) is 8.39. The molecular formula is C17H23ClN2O2. The summed E-state index contributed by atoms with van der Waals surface area (Å²) in [6.45, 7) is 5.45. The first-order valence-electron chi connectivity index (χ1n) is 7.84. The van der Waals surface area contributed by atoms with E-state index in [0.717, 1.165) is 17.9 Å². The van der Waals surface area contributed by atoms with Crippen LogP contribution >= 0.6 is 11.6 Å². The molecule has 0 spiro atoms. The van der Waals surface area contributed by atoms with Gasteiger partial charge in [0.05, 0.1) is 6.61 Å². The summed E-state index contributed by atoms with van der Waals surface area (Å²) in [4.78, 5) is 12.1. The minimum atomic E-state index is -0.377. The van der Waals surface area contributed by atoms with Gasteiger partial charge in [-0.3, -0.25) is 4.79 Å². The molecular weight excluding hydrogens is 300 g/mol. The lowest BCUT2D eigenvalue weighted by atomic mass is 10.1. The fourth-order valence-corrected chi connectivity index (χ4v) is 2.93. The molecule has 120 valence electrons. The Balaban J connectivity index is 1.44. The van der Waals surface area contributed by atoms with Crippen molar-refractivity contribution in [3.05, 3.63) is 34.9 Å². The number of amides is 1. The number of ether oxygens (including phenoxy) is 1. The summed E-state index contributed by atoms with van der Waals surface area (Å²) in [5, 5.41) is 7.22. The number of hydrogen-bond acceptors (Lipinski definition) is 3. The van der Waals surface area contributed by atoms with Crippen LogP contribution in [0, 0.1) is 5.41 Å². The lowest BCUT2D eigenvalue weighted by molar-refractivity contribution is -0.135. The second kappa shape index (κ2) is 6.19. The fraction of sp³-hybridized carbons (Fsp3) is 0.588. The zero-order valence-corrected chi connectivity index (χ0v) is 13.8.